The van der Waals surface area contributed by atoms with Gasteiger partial charge in [0.2, 0.25) is 0 Å². The summed E-state index contributed by atoms with van der Waals surface area (Å²) in [5.41, 5.74) is 7.56. The number of hydrogen-bond donors (Lipinski definition) is 2. The van der Waals surface area contributed by atoms with Gasteiger partial charge in [-0.25, -0.2) is 0 Å². The summed E-state index contributed by atoms with van der Waals surface area (Å²) in [4.78, 5) is 0. The second-order valence-corrected chi connectivity index (χ2v) is 23.8. The molecule has 10 fully saturated rings. The minimum absolute atomic E-state index is 0. The topological polar surface area (TPSA) is 24.1 Å². The quantitative estimate of drug-likeness (QED) is 0.167. The largest absolute Gasteiger partial charge is 0.748 e. The van der Waals surface area contributed by atoms with Gasteiger partial charge in [-0.2, -0.15) is 28.8 Å². The van der Waals surface area contributed by atoms with Crippen molar-refractivity contribution in [3.05, 3.63) is 59.2 Å². The maximum atomic E-state index is 4.14. The van der Waals surface area contributed by atoms with E-state index in [4.69, 9.17) is 0 Å². The molecule has 2 nitrogen and oxygen atoms in total. The van der Waals surface area contributed by atoms with Gasteiger partial charge in [0, 0.05) is 29.2 Å². The Morgan fingerprint density at radius 2 is 1.06 bits per heavy atom. The molecule has 0 spiro atoms. The van der Waals surface area contributed by atoms with E-state index in [2.05, 4.69) is 52.8 Å². The third-order valence-corrected chi connectivity index (χ3v) is 21.2. The Kier molecular flexibility index (Phi) is 11.5. The molecule has 10 aliphatic rings. The molecule has 0 radical (unpaired) electrons. The summed E-state index contributed by atoms with van der Waals surface area (Å²) in [5.74, 6) is 8.67. The summed E-state index contributed by atoms with van der Waals surface area (Å²) in [6.45, 7) is 9.84. The molecule has 2 heterocycles. The van der Waals surface area contributed by atoms with Crippen molar-refractivity contribution in [1.29, 1.82) is 0 Å². The van der Waals surface area contributed by atoms with Crippen molar-refractivity contribution in [3.8, 4) is 0 Å². The van der Waals surface area contributed by atoms with Crippen LogP contribution < -0.4 is 10.6 Å². The number of piperidine rings is 2. The average molecular weight is 769 g/mol. The van der Waals surface area contributed by atoms with Gasteiger partial charge in [-0.3, -0.25) is 0 Å². The van der Waals surface area contributed by atoms with E-state index < -0.39 is 0 Å². The van der Waals surface area contributed by atoms with Crippen molar-refractivity contribution < 1.29 is 17.1 Å². The standard InChI is InChI=1S/C41H65N2P2.C5H5.Fe/c1-40(2,3)34-22-33(35(23-34)41(44,36-8-4-6-10-42-36)37-9-5-7-11-43-37)24-45(38-29-14-25-12-26(16-29)17-30(38)15-25)39-31-18-27-13-28(20-31)21-32(39)19-27;1-2-4-5-3-1;/h22-23,25-32,36-39,42-43H,4-21,24,44H2,1-3H3;1-5H;/q-1;-5;. The number of nitrogens with one attached hydrogen (secondary N) is 2. The number of hydrogen-bond acceptors (Lipinski definition) is 2. The summed E-state index contributed by atoms with van der Waals surface area (Å²) in [7, 11) is 3.62. The molecule has 288 valence electrons. The number of rotatable bonds is 7. The molecular weight excluding hydrogens is 698 g/mol. The third kappa shape index (κ3) is 7.37. The van der Waals surface area contributed by atoms with Gasteiger partial charge in [0.05, 0.1) is 0 Å². The van der Waals surface area contributed by atoms with Gasteiger partial charge in [-0.1, -0.05) is 45.2 Å². The zero-order valence-corrected chi connectivity index (χ0v) is 35.4. The van der Waals surface area contributed by atoms with Crippen molar-refractivity contribution in [2.75, 3.05) is 13.1 Å². The van der Waals surface area contributed by atoms with Gasteiger partial charge in [0.1, 0.15) is 0 Å². The van der Waals surface area contributed by atoms with Crippen molar-refractivity contribution >= 4 is 17.2 Å². The minimum atomic E-state index is -0.00758. The van der Waals surface area contributed by atoms with Crippen LogP contribution in [0.1, 0.15) is 140 Å². The fraction of sp³-hybridized carbons (Fsp3) is 0.783. The summed E-state index contributed by atoms with van der Waals surface area (Å²) in [5, 5.41) is 8.37. The van der Waals surface area contributed by atoms with Crippen LogP contribution in [0.25, 0.3) is 0 Å². The van der Waals surface area contributed by atoms with Gasteiger partial charge < -0.3 is 41.0 Å². The van der Waals surface area contributed by atoms with Crippen LogP contribution in [0.15, 0.2) is 42.5 Å². The van der Waals surface area contributed by atoms with E-state index in [1.54, 1.807) is 75.3 Å². The van der Waals surface area contributed by atoms with Crippen LogP contribution in [0.5, 0.6) is 0 Å². The predicted octanol–water partition coefficient (Wildman–Crippen LogP) is 11.1. The monoisotopic (exact) mass is 768 g/mol. The Labute approximate surface area is 326 Å². The first-order valence-corrected chi connectivity index (χ1v) is 24.0. The molecule has 3 unspecified atom stereocenters. The van der Waals surface area contributed by atoms with E-state index in [1.807, 2.05) is 35.9 Å². The van der Waals surface area contributed by atoms with Gasteiger partial charge in [-0.05, 0) is 167 Å². The molecule has 5 heteroatoms. The van der Waals surface area contributed by atoms with Gasteiger partial charge in [0.15, 0.2) is 0 Å². The second kappa shape index (κ2) is 15.5. The molecule has 8 aliphatic carbocycles. The van der Waals surface area contributed by atoms with Crippen molar-refractivity contribution in [2.45, 2.75) is 164 Å². The summed E-state index contributed by atoms with van der Waals surface area (Å²) < 4.78 is 0. The first kappa shape index (κ1) is 37.9. The molecule has 2 aliphatic heterocycles. The Balaban J connectivity index is 0.000000576. The van der Waals surface area contributed by atoms with E-state index in [0.29, 0.717) is 12.1 Å². The van der Waals surface area contributed by atoms with E-state index >= 15 is 0 Å². The molecule has 2 saturated heterocycles. The molecule has 8 bridgehead atoms. The molecular formula is C46H70FeN2P2-6. The molecule has 3 atom stereocenters. The fourth-order valence-corrected chi connectivity index (χ4v) is 19.9. The normalized spacial score (nSPS) is 41.3. The summed E-state index contributed by atoms with van der Waals surface area (Å²) in [6.07, 6.45) is 25.6. The van der Waals surface area contributed by atoms with Gasteiger partial charge >= 0.3 is 0 Å². The first-order valence-electron chi connectivity index (χ1n) is 21.7. The van der Waals surface area contributed by atoms with Crippen LogP contribution in [0.2, 0.25) is 0 Å². The molecule has 0 aromatic heterocycles. The molecule has 2 N–H and O–H groups in total. The van der Waals surface area contributed by atoms with Crippen LogP contribution in [0.3, 0.4) is 0 Å². The molecule has 12 rings (SSSR count). The zero-order valence-electron chi connectivity index (χ0n) is 32.3. The van der Waals surface area contributed by atoms with Crippen LogP contribution in [-0.4, -0.2) is 36.5 Å². The minimum Gasteiger partial charge on any atom is -0.748 e. The third-order valence-electron chi connectivity index (χ3n) is 16.1. The molecule has 51 heavy (non-hydrogen) atoms. The SMILES string of the molecule is CC(C)(C)[c-]1cc(CP(C2C3CC4CC(C3)CC2C4)C2C3CC4CC(C3)CC2C4)c(C(P)(C2CCCCN2)C2CCCCN2)c1.[Fe].[cH-]1[cH-][cH-][cH-][cH-]1. The smallest absolute Gasteiger partial charge is 0.00990 e. The zero-order chi connectivity index (χ0) is 34.0. The van der Waals surface area contributed by atoms with Crippen molar-refractivity contribution in [1.82, 2.24) is 10.6 Å². The van der Waals surface area contributed by atoms with Crippen LogP contribution in [-0.2, 0) is 33.8 Å². The van der Waals surface area contributed by atoms with E-state index in [-0.39, 0.29) is 35.6 Å². The van der Waals surface area contributed by atoms with Gasteiger partial charge in [0.25, 0.3) is 0 Å². The first-order chi connectivity index (χ1) is 24.2. The van der Waals surface area contributed by atoms with Crippen LogP contribution >= 0.6 is 17.2 Å². The van der Waals surface area contributed by atoms with E-state index in [1.165, 1.54) is 57.8 Å². The van der Waals surface area contributed by atoms with Crippen LogP contribution in [0.4, 0.5) is 0 Å². The maximum Gasteiger partial charge on any atom is 0.00990 e. The molecule has 8 saturated carbocycles. The summed E-state index contributed by atoms with van der Waals surface area (Å²) >= 11 is 0. The average Bonchev–Trinajstić information content (AvgIpc) is 3.83. The predicted molar refractivity (Wildman–Crippen MR) is 218 cm³/mol. The fourth-order valence-electron chi connectivity index (χ4n) is 14.5. The Hall–Kier alpha value is -0.000519. The Morgan fingerprint density at radius 3 is 1.41 bits per heavy atom. The Bertz CT molecular complexity index is 1280. The van der Waals surface area contributed by atoms with Gasteiger partial charge in [-0.15, -0.1) is 17.2 Å². The second-order valence-electron chi connectivity index (χ2n) is 20.3. The maximum absolute atomic E-state index is 4.14. The Morgan fingerprint density at radius 1 is 0.647 bits per heavy atom. The van der Waals surface area contributed by atoms with E-state index in [0.717, 1.165) is 58.7 Å². The van der Waals surface area contributed by atoms with Crippen molar-refractivity contribution in [2.24, 2.45) is 47.3 Å². The van der Waals surface area contributed by atoms with Crippen LogP contribution in [0, 0.1) is 47.3 Å². The summed E-state index contributed by atoms with van der Waals surface area (Å²) in [6, 6.07) is 16.7. The van der Waals surface area contributed by atoms with Crippen molar-refractivity contribution in [3.63, 3.8) is 0 Å². The molecule has 2 aromatic rings. The molecule has 2 aromatic carbocycles. The van der Waals surface area contributed by atoms with E-state index in [9.17, 15) is 0 Å². The molecule has 0 amide bonds.